The minimum atomic E-state index is 0. The van der Waals surface area contributed by atoms with Crippen molar-refractivity contribution in [3.05, 3.63) is 23.0 Å². The second kappa shape index (κ2) is 8.56. The molecule has 2 N–H and O–H groups in total. The van der Waals surface area contributed by atoms with Crippen LogP contribution in [0.3, 0.4) is 0 Å². The van der Waals surface area contributed by atoms with Crippen LogP contribution in [0.2, 0.25) is 0 Å². The molecule has 1 saturated heterocycles. The summed E-state index contributed by atoms with van der Waals surface area (Å²) in [6.45, 7) is 14.2. The van der Waals surface area contributed by atoms with E-state index in [1.807, 2.05) is 13.0 Å². The fraction of sp³-hybridized carbons (Fsp3) is 0.688. The van der Waals surface area contributed by atoms with Gasteiger partial charge in [0.05, 0.1) is 5.56 Å². The van der Waals surface area contributed by atoms with Gasteiger partial charge in [0.15, 0.2) is 0 Å². The van der Waals surface area contributed by atoms with Crippen molar-refractivity contribution >= 4 is 18.3 Å². The Morgan fingerprint density at radius 2 is 1.95 bits per heavy atom. The van der Waals surface area contributed by atoms with Gasteiger partial charge in [-0.1, -0.05) is 0 Å². The van der Waals surface area contributed by atoms with Crippen molar-refractivity contribution in [2.75, 3.05) is 39.3 Å². The van der Waals surface area contributed by atoms with Gasteiger partial charge in [0.1, 0.15) is 0 Å². The van der Waals surface area contributed by atoms with Crippen molar-refractivity contribution in [2.24, 2.45) is 0 Å². The summed E-state index contributed by atoms with van der Waals surface area (Å²) in [5.41, 5.74) is 3.01. The Balaban J connectivity index is 0.00000242. The van der Waals surface area contributed by atoms with E-state index in [2.05, 4.69) is 40.9 Å². The van der Waals surface area contributed by atoms with Gasteiger partial charge in [-0.2, -0.15) is 0 Å². The van der Waals surface area contributed by atoms with Crippen LogP contribution in [0.5, 0.6) is 0 Å². The normalized spacial score (nSPS) is 15.7. The van der Waals surface area contributed by atoms with E-state index in [1.54, 1.807) is 0 Å². The van der Waals surface area contributed by atoms with Gasteiger partial charge in [-0.25, -0.2) is 0 Å². The third-order valence-electron chi connectivity index (χ3n) is 4.17. The Morgan fingerprint density at radius 3 is 2.50 bits per heavy atom. The lowest BCUT2D eigenvalue weighted by atomic mass is 10.2. The van der Waals surface area contributed by atoms with E-state index in [9.17, 15) is 4.79 Å². The molecule has 1 amide bonds. The number of nitrogens with one attached hydrogen (secondary N) is 2. The van der Waals surface area contributed by atoms with Crippen molar-refractivity contribution in [1.82, 2.24) is 20.1 Å². The monoisotopic (exact) mass is 328 g/mol. The molecule has 0 aliphatic carbocycles. The van der Waals surface area contributed by atoms with E-state index in [-0.39, 0.29) is 18.3 Å². The molecule has 0 spiro atoms. The number of hydrogen-bond acceptors (Lipinski definition) is 3. The largest absolute Gasteiger partial charge is 0.351 e. The lowest BCUT2D eigenvalue weighted by Crippen LogP contribution is -2.46. The number of carbonyl (C=O) groups is 1. The Hall–Kier alpha value is -1.04. The van der Waals surface area contributed by atoms with Crippen LogP contribution < -0.4 is 10.6 Å². The van der Waals surface area contributed by atoms with E-state index in [4.69, 9.17) is 0 Å². The molecule has 6 heteroatoms. The zero-order valence-electron chi connectivity index (χ0n) is 14.1. The SMILES string of the molecule is Cc1cc(C(=O)NCCN2CCNCC2)c(C)n1C(C)C.Cl. The highest BCUT2D eigenvalue weighted by Gasteiger charge is 2.17. The van der Waals surface area contributed by atoms with Crippen molar-refractivity contribution in [3.63, 3.8) is 0 Å². The molecule has 2 rings (SSSR count). The maximum absolute atomic E-state index is 12.3. The van der Waals surface area contributed by atoms with Gasteiger partial charge < -0.3 is 15.2 Å². The van der Waals surface area contributed by atoms with Crippen LogP contribution in [0.15, 0.2) is 6.07 Å². The number of halogens is 1. The molecule has 0 unspecified atom stereocenters. The van der Waals surface area contributed by atoms with E-state index in [0.29, 0.717) is 12.6 Å². The van der Waals surface area contributed by atoms with Crippen LogP contribution in [0.4, 0.5) is 0 Å². The molecule has 0 aromatic carbocycles. The Morgan fingerprint density at radius 1 is 1.32 bits per heavy atom. The summed E-state index contributed by atoms with van der Waals surface area (Å²) in [6.07, 6.45) is 0. The van der Waals surface area contributed by atoms with Gasteiger partial charge >= 0.3 is 0 Å². The van der Waals surface area contributed by atoms with Crippen LogP contribution in [-0.2, 0) is 0 Å². The van der Waals surface area contributed by atoms with Crippen LogP contribution in [0, 0.1) is 13.8 Å². The van der Waals surface area contributed by atoms with Crippen molar-refractivity contribution in [2.45, 2.75) is 33.7 Å². The van der Waals surface area contributed by atoms with Crippen molar-refractivity contribution in [1.29, 1.82) is 0 Å². The minimum absolute atomic E-state index is 0. The summed E-state index contributed by atoms with van der Waals surface area (Å²) in [7, 11) is 0. The third kappa shape index (κ3) is 4.48. The maximum atomic E-state index is 12.3. The van der Waals surface area contributed by atoms with Gasteiger partial charge in [-0.3, -0.25) is 9.69 Å². The average molecular weight is 329 g/mol. The van der Waals surface area contributed by atoms with Crippen molar-refractivity contribution < 1.29 is 4.79 Å². The van der Waals surface area contributed by atoms with Gasteiger partial charge in [0.25, 0.3) is 5.91 Å². The van der Waals surface area contributed by atoms with Gasteiger partial charge in [0.2, 0.25) is 0 Å². The van der Waals surface area contributed by atoms with Gasteiger partial charge in [-0.15, -0.1) is 12.4 Å². The number of aryl methyl sites for hydroxylation is 1. The van der Waals surface area contributed by atoms with E-state index < -0.39 is 0 Å². The summed E-state index contributed by atoms with van der Waals surface area (Å²) in [6, 6.07) is 2.38. The Kier molecular flexibility index (Phi) is 7.39. The smallest absolute Gasteiger partial charge is 0.253 e. The Bertz CT molecular complexity index is 493. The van der Waals surface area contributed by atoms with Crippen molar-refractivity contribution in [3.8, 4) is 0 Å². The molecule has 0 atom stereocenters. The molecule has 2 heterocycles. The number of nitrogens with zero attached hydrogens (tertiary/aromatic N) is 2. The summed E-state index contributed by atoms with van der Waals surface area (Å²) in [5, 5.41) is 6.39. The number of amides is 1. The summed E-state index contributed by atoms with van der Waals surface area (Å²) < 4.78 is 2.21. The lowest BCUT2D eigenvalue weighted by molar-refractivity contribution is 0.0946. The molecule has 5 nitrogen and oxygen atoms in total. The first-order chi connectivity index (χ1) is 10.0. The predicted octanol–water partition coefficient (Wildman–Crippen LogP) is 1.74. The number of hydrogen-bond donors (Lipinski definition) is 2. The maximum Gasteiger partial charge on any atom is 0.253 e. The molecular weight excluding hydrogens is 300 g/mol. The average Bonchev–Trinajstić information content (AvgIpc) is 2.75. The number of carbonyl (C=O) groups excluding carboxylic acids is 1. The van der Waals surface area contributed by atoms with E-state index in [1.165, 1.54) is 0 Å². The third-order valence-corrected chi connectivity index (χ3v) is 4.17. The molecule has 0 bridgehead atoms. The molecule has 1 aromatic heterocycles. The molecule has 1 aliphatic heterocycles. The van der Waals surface area contributed by atoms with Gasteiger partial charge in [0, 0.05) is 56.7 Å². The molecule has 126 valence electrons. The van der Waals surface area contributed by atoms with E-state index >= 15 is 0 Å². The molecule has 0 saturated carbocycles. The topological polar surface area (TPSA) is 49.3 Å². The molecular formula is C16H29ClN4O. The highest BCUT2D eigenvalue weighted by Crippen LogP contribution is 2.19. The number of rotatable bonds is 5. The quantitative estimate of drug-likeness (QED) is 0.865. The van der Waals surface area contributed by atoms with Crippen LogP contribution in [-0.4, -0.2) is 54.6 Å². The predicted molar refractivity (Wildman–Crippen MR) is 93.2 cm³/mol. The first-order valence-corrected chi connectivity index (χ1v) is 7.90. The minimum Gasteiger partial charge on any atom is -0.351 e. The van der Waals surface area contributed by atoms with Crippen LogP contribution >= 0.6 is 12.4 Å². The summed E-state index contributed by atoms with van der Waals surface area (Å²) >= 11 is 0. The lowest BCUT2D eigenvalue weighted by Gasteiger charge is -2.27. The highest BCUT2D eigenvalue weighted by molar-refractivity contribution is 5.95. The number of aromatic nitrogens is 1. The second-order valence-corrected chi connectivity index (χ2v) is 6.10. The van der Waals surface area contributed by atoms with E-state index in [0.717, 1.165) is 49.7 Å². The zero-order valence-corrected chi connectivity index (χ0v) is 14.9. The van der Waals surface area contributed by atoms with Crippen LogP contribution in [0.25, 0.3) is 0 Å². The fourth-order valence-corrected chi connectivity index (χ4v) is 3.16. The number of piperazine rings is 1. The van der Waals surface area contributed by atoms with Gasteiger partial charge in [-0.05, 0) is 33.8 Å². The molecule has 1 fully saturated rings. The molecule has 1 aliphatic rings. The first kappa shape index (κ1) is 19.0. The summed E-state index contributed by atoms with van der Waals surface area (Å²) in [5.74, 6) is 0.0464. The Labute approximate surface area is 139 Å². The molecule has 0 radical (unpaired) electrons. The second-order valence-electron chi connectivity index (χ2n) is 6.10. The van der Waals surface area contributed by atoms with Crippen LogP contribution in [0.1, 0.15) is 41.6 Å². The highest BCUT2D eigenvalue weighted by atomic mass is 35.5. The fourth-order valence-electron chi connectivity index (χ4n) is 3.16. The molecule has 1 aromatic rings. The standard InChI is InChI=1S/C16H28N4O.ClH/c1-12(2)20-13(3)11-15(14(20)4)16(21)18-7-10-19-8-5-17-6-9-19;/h11-12,17H,5-10H2,1-4H3,(H,18,21);1H. The molecule has 22 heavy (non-hydrogen) atoms. The first-order valence-electron chi connectivity index (χ1n) is 7.90. The zero-order chi connectivity index (χ0) is 15.4. The summed E-state index contributed by atoms with van der Waals surface area (Å²) in [4.78, 5) is 14.7.